The van der Waals surface area contributed by atoms with Crippen LogP contribution in [0.2, 0.25) is 0 Å². The van der Waals surface area contributed by atoms with Crippen molar-refractivity contribution in [2.75, 3.05) is 6.54 Å². The molecule has 0 aliphatic heterocycles. The van der Waals surface area contributed by atoms with Crippen molar-refractivity contribution in [3.8, 4) is 0 Å². The van der Waals surface area contributed by atoms with Gasteiger partial charge in [-0.25, -0.2) is 9.67 Å². The SMILES string of the molecule is CCCC(CNC(C)C)Cc1ncnn1C(C)C. The van der Waals surface area contributed by atoms with Gasteiger partial charge < -0.3 is 5.32 Å². The molecule has 1 aromatic heterocycles. The van der Waals surface area contributed by atoms with Crippen LogP contribution < -0.4 is 5.32 Å². The highest BCUT2D eigenvalue weighted by atomic mass is 15.3. The molecular formula is C14H28N4. The molecule has 104 valence electrons. The molecular weight excluding hydrogens is 224 g/mol. The molecule has 1 unspecified atom stereocenters. The summed E-state index contributed by atoms with van der Waals surface area (Å²) in [6.07, 6.45) is 5.16. The molecule has 0 spiro atoms. The number of rotatable bonds is 8. The molecule has 0 amide bonds. The molecule has 1 atom stereocenters. The fourth-order valence-electron chi connectivity index (χ4n) is 2.20. The maximum absolute atomic E-state index is 4.41. The lowest BCUT2D eigenvalue weighted by atomic mass is 9.99. The van der Waals surface area contributed by atoms with E-state index in [1.165, 1.54) is 12.8 Å². The third kappa shape index (κ3) is 4.77. The fourth-order valence-corrected chi connectivity index (χ4v) is 2.20. The van der Waals surface area contributed by atoms with Crippen LogP contribution in [0.25, 0.3) is 0 Å². The van der Waals surface area contributed by atoms with Crippen LogP contribution in [0.3, 0.4) is 0 Å². The predicted molar refractivity (Wildman–Crippen MR) is 75.6 cm³/mol. The summed E-state index contributed by atoms with van der Waals surface area (Å²) in [6, 6.07) is 0.940. The first-order chi connectivity index (χ1) is 8.54. The van der Waals surface area contributed by atoms with Crippen molar-refractivity contribution < 1.29 is 0 Å². The molecule has 0 aliphatic carbocycles. The smallest absolute Gasteiger partial charge is 0.138 e. The normalized spacial score (nSPS) is 13.5. The van der Waals surface area contributed by atoms with E-state index in [0.29, 0.717) is 18.0 Å². The van der Waals surface area contributed by atoms with Crippen LogP contribution in [-0.2, 0) is 6.42 Å². The van der Waals surface area contributed by atoms with E-state index in [4.69, 9.17) is 0 Å². The third-order valence-corrected chi connectivity index (χ3v) is 3.12. The molecule has 4 nitrogen and oxygen atoms in total. The Hall–Kier alpha value is -0.900. The zero-order chi connectivity index (χ0) is 13.5. The van der Waals surface area contributed by atoms with Gasteiger partial charge in [0.2, 0.25) is 0 Å². The van der Waals surface area contributed by atoms with Crippen molar-refractivity contribution in [3.05, 3.63) is 12.2 Å². The molecule has 0 saturated carbocycles. The summed E-state index contributed by atoms with van der Waals surface area (Å²) in [4.78, 5) is 4.41. The fraction of sp³-hybridized carbons (Fsp3) is 0.857. The number of nitrogens with one attached hydrogen (secondary N) is 1. The third-order valence-electron chi connectivity index (χ3n) is 3.12. The van der Waals surface area contributed by atoms with Gasteiger partial charge in [-0.05, 0) is 32.7 Å². The Balaban J connectivity index is 2.61. The molecule has 1 heterocycles. The molecule has 1 N–H and O–H groups in total. The minimum absolute atomic E-state index is 0.392. The zero-order valence-corrected chi connectivity index (χ0v) is 12.5. The van der Waals surface area contributed by atoms with Gasteiger partial charge in [-0.1, -0.05) is 27.2 Å². The largest absolute Gasteiger partial charge is 0.314 e. The van der Waals surface area contributed by atoms with Gasteiger partial charge in [0.1, 0.15) is 12.2 Å². The van der Waals surface area contributed by atoms with Crippen molar-refractivity contribution in [1.29, 1.82) is 0 Å². The Labute approximate surface area is 111 Å². The van der Waals surface area contributed by atoms with Gasteiger partial charge >= 0.3 is 0 Å². The lowest BCUT2D eigenvalue weighted by molar-refractivity contribution is 0.395. The summed E-state index contributed by atoms with van der Waals surface area (Å²) >= 11 is 0. The van der Waals surface area contributed by atoms with Crippen molar-refractivity contribution in [2.45, 2.75) is 66.0 Å². The van der Waals surface area contributed by atoms with Crippen LogP contribution in [0, 0.1) is 5.92 Å². The maximum Gasteiger partial charge on any atom is 0.138 e. The number of hydrogen-bond donors (Lipinski definition) is 1. The summed E-state index contributed by atoms with van der Waals surface area (Å²) in [5.74, 6) is 1.77. The molecule has 1 aromatic rings. The van der Waals surface area contributed by atoms with Gasteiger partial charge in [0.25, 0.3) is 0 Å². The molecule has 1 rings (SSSR count). The van der Waals surface area contributed by atoms with Crippen molar-refractivity contribution in [1.82, 2.24) is 20.1 Å². The van der Waals surface area contributed by atoms with Crippen molar-refractivity contribution in [3.63, 3.8) is 0 Å². The Bertz CT molecular complexity index is 330. The van der Waals surface area contributed by atoms with Gasteiger partial charge in [0.05, 0.1) is 0 Å². The summed E-state index contributed by atoms with van der Waals surface area (Å²) in [5, 5.41) is 7.84. The van der Waals surface area contributed by atoms with E-state index < -0.39 is 0 Å². The highest BCUT2D eigenvalue weighted by molar-refractivity contribution is 4.89. The Morgan fingerprint density at radius 2 is 2.00 bits per heavy atom. The quantitative estimate of drug-likeness (QED) is 0.773. The van der Waals surface area contributed by atoms with Crippen molar-refractivity contribution in [2.24, 2.45) is 5.92 Å². The van der Waals surface area contributed by atoms with E-state index in [-0.39, 0.29) is 0 Å². The van der Waals surface area contributed by atoms with E-state index >= 15 is 0 Å². The molecule has 4 heteroatoms. The number of hydrogen-bond acceptors (Lipinski definition) is 3. The average molecular weight is 252 g/mol. The summed E-state index contributed by atoms with van der Waals surface area (Å²) in [7, 11) is 0. The van der Waals surface area contributed by atoms with E-state index in [1.807, 2.05) is 4.68 Å². The first-order valence-electron chi connectivity index (χ1n) is 7.16. The summed E-state index contributed by atoms with van der Waals surface area (Å²) in [6.45, 7) is 12.0. The van der Waals surface area contributed by atoms with E-state index in [0.717, 1.165) is 18.8 Å². The van der Waals surface area contributed by atoms with Gasteiger partial charge in [-0.2, -0.15) is 5.10 Å². The van der Waals surface area contributed by atoms with Gasteiger partial charge in [0, 0.05) is 18.5 Å². The predicted octanol–water partition coefficient (Wildman–Crippen LogP) is 2.82. The molecule has 0 aliphatic rings. The first kappa shape index (κ1) is 15.2. The second kappa shape index (κ2) is 7.52. The minimum Gasteiger partial charge on any atom is -0.314 e. The highest BCUT2D eigenvalue weighted by Crippen LogP contribution is 2.14. The maximum atomic E-state index is 4.41. The van der Waals surface area contributed by atoms with Crippen LogP contribution in [-0.4, -0.2) is 27.4 Å². The molecule has 0 radical (unpaired) electrons. The van der Waals surface area contributed by atoms with Crippen molar-refractivity contribution >= 4 is 0 Å². The number of nitrogens with zero attached hydrogens (tertiary/aromatic N) is 3. The molecule has 18 heavy (non-hydrogen) atoms. The second-order valence-electron chi connectivity index (χ2n) is 5.64. The van der Waals surface area contributed by atoms with E-state index in [1.54, 1.807) is 6.33 Å². The molecule has 0 saturated heterocycles. The van der Waals surface area contributed by atoms with Crippen LogP contribution in [0.15, 0.2) is 6.33 Å². The van der Waals surface area contributed by atoms with Crippen LogP contribution in [0.4, 0.5) is 0 Å². The average Bonchev–Trinajstić information content (AvgIpc) is 2.74. The summed E-state index contributed by atoms with van der Waals surface area (Å²) < 4.78 is 2.04. The second-order valence-corrected chi connectivity index (χ2v) is 5.64. The highest BCUT2D eigenvalue weighted by Gasteiger charge is 2.15. The number of aromatic nitrogens is 3. The minimum atomic E-state index is 0.392. The Morgan fingerprint density at radius 3 is 2.56 bits per heavy atom. The van der Waals surface area contributed by atoms with Crippen LogP contribution >= 0.6 is 0 Å². The lowest BCUT2D eigenvalue weighted by Crippen LogP contribution is -2.30. The monoisotopic (exact) mass is 252 g/mol. The van der Waals surface area contributed by atoms with Gasteiger partial charge in [-0.15, -0.1) is 0 Å². The van der Waals surface area contributed by atoms with Gasteiger partial charge in [-0.3, -0.25) is 0 Å². The molecule has 0 aromatic carbocycles. The summed E-state index contributed by atoms with van der Waals surface area (Å²) in [5.41, 5.74) is 0. The van der Waals surface area contributed by atoms with Crippen LogP contribution in [0.1, 0.15) is 59.3 Å². The Morgan fingerprint density at radius 1 is 1.28 bits per heavy atom. The molecule has 0 fully saturated rings. The lowest BCUT2D eigenvalue weighted by Gasteiger charge is -2.19. The van der Waals surface area contributed by atoms with Crippen LogP contribution in [0.5, 0.6) is 0 Å². The zero-order valence-electron chi connectivity index (χ0n) is 12.5. The first-order valence-corrected chi connectivity index (χ1v) is 7.16. The van der Waals surface area contributed by atoms with Gasteiger partial charge in [0.15, 0.2) is 0 Å². The Kier molecular flexibility index (Phi) is 6.33. The molecule has 0 bridgehead atoms. The van der Waals surface area contributed by atoms with E-state index in [2.05, 4.69) is 50.0 Å². The van der Waals surface area contributed by atoms with E-state index in [9.17, 15) is 0 Å². The topological polar surface area (TPSA) is 42.7 Å². The standard InChI is InChI=1S/C14H28N4/c1-6-7-13(9-15-11(2)3)8-14-16-10-17-18(14)12(4)5/h10-13,15H,6-9H2,1-5H3.